The Kier molecular flexibility index (Phi) is 4.20. The SMILES string of the molecule is CCCO[Si](C)(C)C1=CCCCC1. The van der Waals surface area contributed by atoms with Crippen LogP contribution in [-0.2, 0) is 4.43 Å². The summed E-state index contributed by atoms with van der Waals surface area (Å²) in [5.74, 6) is 0. The number of rotatable bonds is 4. The molecule has 0 fully saturated rings. The minimum atomic E-state index is -1.46. The molecule has 76 valence electrons. The lowest BCUT2D eigenvalue weighted by molar-refractivity contribution is 0.311. The average molecular weight is 198 g/mol. The van der Waals surface area contributed by atoms with Crippen LogP contribution in [0.15, 0.2) is 11.3 Å². The van der Waals surface area contributed by atoms with E-state index in [1.165, 1.54) is 25.7 Å². The van der Waals surface area contributed by atoms with Crippen LogP contribution < -0.4 is 0 Å². The fraction of sp³-hybridized carbons (Fsp3) is 0.818. The summed E-state index contributed by atoms with van der Waals surface area (Å²) in [5, 5.41) is 1.65. The molecule has 13 heavy (non-hydrogen) atoms. The molecule has 0 N–H and O–H groups in total. The first-order valence-corrected chi connectivity index (χ1v) is 8.41. The average Bonchev–Trinajstić information content (AvgIpc) is 2.16. The molecule has 0 saturated heterocycles. The second-order valence-electron chi connectivity index (χ2n) is 4.33. The molecule has 0 aromatic rings. The van der Waals surface area contributed by atoms with Crippen molar-refractivity contribution in [3.8, 4) is 0 Å². The maximum Gasteiger partial charge on any atom is 0.213 e. The molecule has 1 rings (SSSR count). The number of allylic oxidation sites excluding steroid dienone is 2. The standard InChI is InChI=1S/C11H22OSi/c1-4-10-12-13(2,3)11-8-6-5-7-9-11/h8H,4-7,9-10H2,1-3H3. The van der Waals surface area contributed by atoms with Gasteiger partial charge in [-0.1, -0.05) is 18.2 Å². The van der Waals surface area contributed by atoms with Gasteiger partial charge in [-0.15, -0.1) is 0 Å². The van der Waals surface area contributed by atoms with Gasteiger partial charge in [0, 0.05) is 6.61 Å². The third kappa shape index (κ3) is 3.28. The van der Waals surface area contributed by atoms with Crippen molar-refractivity contribution >= 4 is 8.32 Å². The van der Waals surface area contributed by atoms with Gasteiger partial charge in [0.15, 0.2) is 0 Å². The van der Waals surface area contributed by atoms with E-state index >= 15 is 0 Å². The second kappa shape index (κ2) is 4.96. The van der Waals surface area contributed by atoms with Crippen LogP contribution in [0.1, 0.15) is 39.0 Å². The third-order valence-corrected chi connectivity index (χ3v) is 5.66. The summed E-state index contributed by atoms with van der Waals surface area (Å²) in [6.45, 7) is 7.79. The van der Waals surface area contributed by atoms with Gasteiger partial charge in [-0.05, 0) is 45.2 Å². The number of hydrogen-bond acceptors (Lipinski definition) is 1. The summed E-state index contributed by atoms with van der Waals surface area (Å²) in [6.07, 6.45) is 8.90. The van der Waals surface area contributed by atoms with Crippen LogP contribution >= 0.6 is 0 Å². The monoisotopic (exact) mass is 198 g/mol. The Morgan fingerprint density at radius 1 is 1.38 bits per heavy atom. The van der Waals surface area contributed by atoms with E-state index < -0.39 is 8.32 Å². The van der Waals surface area contributed by atoms with Gasteiger partial charge in [-0.25, -0.2) is 0 Å². The molecule has 1 aliphatic carbocycles. The third-order valence-electron chi connectivity index (χ3n) is 2.73. The van der Waals surface area contributed by atoms with Crippen molar-refractivity contribution in [3.63, 3.8) is 0 Å². The summed E-state index contributed by atoms with van der Waals surface area (Å²) in [4.78, 5) is 0. The van der Waals surface area contributed by atoms with Gasteiger partial charge in [0.2, 0.25) is 8.32 Å². The Morgan fingerprint density at radius 2 is 2.15 bits per heavy atom. The molecular formula is C11H22OSi. The summed E-state index contributed by atoms with van der Waals surface area (Å²) in [7, 11) is -1.46. The van der Waals surface area contributed by atoms with Crippen LogP contribution in [0, 0.1) is 0 Å². The molecule has 0 heterocycles. The first-order valence-electron chi connectivity index (χ1n) is 5.50. The zero-order valence-electron chi connectivity index (χ0n) is 9.23. The van der Waals surface area contributed by atoms with E-state index in [9.17, 15) is 0 Å². The molecule has 2 heteroatoms. The summed E-state index contributed by atoms with van der Waals surface area (Å²) < 4.78 is 5.99. The molecule has 0 unspecified atom stereocenters. The van der Waals surface area contributed by atoms with Gasteiger partial charge in [0.1, 0.15) is 0 Å². The van der Waals surface area contributed by atoms with Crippen molar-refractivity contribution in [2.45, 2.75) is 52.1 Å². The highest BCUT2D eigenvalue weighted by atomic mass is 28.4. The molecule has 0 aliphatic heterocycles. The van der Waals surface area contributed by atoms with Crippen LogP contribution in [0.4, 0.5) is 0 Å². The van der Waals surface area contributed by atoms with Gasteiger partial charge in [0.05, 0.1) is 0 Å². The zero-order chi connectivity index (χ0) is 9.73. The summed E-state index contributed by atoms with van der Waals surface area (Å²) in [5.41, 5.74) is 0. The first-order chi connectivity index (χ1) is 6.17. The van der Waals surface area contributed by atoms with Gasteiger partial charge in [0.25, 0.3) is 0 Å². The van der Waals surface area contributed by atoms with E-state index in [-0.39, 0.29) is 0 Å². The van der Waals surface area contributed by atoms with E-state index in [1.54, 1.807) is 5.20 Å². The topological polar surface area (TPSA) is 9.23 Å². The molecule has 1 aliphatic rings. The minimum absolute atomic E-state index is 0.941. The Hall–Kier alpha value is -0.0831. The normalized spacial score (nSPS) is 18.5. The maximum absolute atomic E-state index is 5.99. The van der Waals surface area contributed by atoms with Crippen LogP contribution in [0.2, 0.25) is 13.1 Å². The molecule has 0 spiro atoms. The van der Waals surface area contributed by atoms with Crippen molar-refractivity contribution in [2.24, 2.45) is 0 Å². The van der Waals surface area contributed by atoms with E-state index in [1.807, 2.05) is 0 Å². The largest absolute Gasteiger partial charge is 0.413 e. The Labute approximate surface area is 83.3 Å². The van der Waals surface area contributed by atoms with Crippen molar-refractivity contribution < 1.29 is 4.43 Å². The number of hydrogen-bond donors (Lipinski definition) is 0. The second-order valence-corrected chi connectivity index (χ2v) is 8.29. The minimum Gasteiger partial charge on any atom is -0.413 e. The van der Waals surface area contributed by atoms with Crippen LogP contribution in [0.25, 0.3) is 0 Å². The fourth-order valence-electron chi connectivity index (χ4n) is 1.83. The van der Waals surface area contributed by atoms with Crippen molar-refractivity contribution in [1.82, 2.24) is 0 Å². The highest BCUT2D eigenvalue weighted by Gasteiger charge is 2.27. The van der Waals surface area contributed by atoms with E-state index in [2.05, 4.69) is 26.1 Å². The molecule has 0 aromatic carbocycles. The maximum atomic E-state index is 5.99. The molecule has 0 atom stereocenters. The Bertz CT molecular complexity index is 185. The van der Waals surface area contributed by atoms with Crippen molar-refractivity contribution in [2.75, 3.05) is 6.61 Å². The molecule has 0 saturated carbocycles. The lowest BCUT2D eigenvalue weighted by Crippen LogP contribution is -2.34. The first kappa shape index (κ1) is 11.0. The quantitative estimate of drug-likeness (QED) is 0.626. The lowest BCUT2D eigenvalue weighted by Gasteiger charge is -2.28. The van der Waals surface area contributed by atoms with Crippen LogP contribution in [0.5, 0.6) is 0 Å². The van der Waals surface area contributed by atoms with E-state index in [0.717, 1.165) is 13.0 Å². The van der Waals surface area contributed by atoms with Crippen molar-refractivity contribution in [1.29, 1.82) is 0 Å². The van der Waals surface area contributed by atoms with Gasteiger partial charge in [-0.3, -0.25) is 0 Å². The molecule has 0 radical (unpaired) electrons. The van der Waals surface area contributed by atoms with Crippen molar-refractivity contribution in [3.05, 3.63) is 11.3 Å². The highest BCUT2D eigenvalue weighted by molar-refractivity contribution is 6.78. The highest BCUT2D eigenvalue weighted by Crippen LogP contribution is 2.26. The zero-order valence-corrected chi connectivity index (χ0v) is 10.2. The Morgan fingerprint density at radius 3 is 2.69 bits per heavy atom. The predicted molar refractivity (Wildman–Crippen MR) is 60.3 cm³/mol. The summed E-state index contributed by atoms with van der Waals surface area (Å²) >= 11 is 0. The molecule has 1 nitrogen and oxygen atoms in total. The summed E-state index contributed by atoms with van der Waals surface area (Å²) in [6, 6.07) is 0. The molecule has 0 amide bonds. The van der Waals surface area contributed by atoms with E-state index in [4.69, 9.17) is 4.43 Å². The fourth-order valence-corrected chi connectivity index (χ4v) is 4.15. The van der Waals surface area contributed by atoms with E-state index in [0.29, 0.717) is 0 Å². The van der Waals surface area contributed by atoms with Gasteiger partial charge >= 0.3 is 0 Å². The molecule has 0 bridgehead atoms. The van der Waals surface area contributed by atoms with Gasteiger partial charge in [-0.2, -0.15) is 0 Å². The molecular weight excluding hydrogens is 176 g/mol. The Balaban J connectivity index is 2.51. The lowest BCUT2D eigenvalue weighted by atomic mass is 10.1. The van der Waals surface area contributed by atoms with Crippen LogP contribution in [-0.4, -0.2) is 14.9 Å². The molecule has 0 aromatic heterocycles. The van der Waals surface area contributed by atoms with Gasteiger partial charge < -0.3 is 4.43 Å². The predicted octanol–water partition coefficient (Wildman–Crippen LogP) is 3.66. The smallest absolute Gasteiger partial charge is 0.213 e. The van der Waals surface area contributed by atoms with Crippen LogP contribution in [0.3, 0.4) is 0 Å².